The summed E-state index contributed by atoms with van der Waals surface area (Å²) < 4.78 is 5.82. The van der Waals surface area contributed by atoms with Gasteiger partial charge in [-0.25, -0.2) is 0 Å². The van der Waals surface area contributed by atoms with E-state index in [0.717, 1.165) is 5.92 Å². The van der Waals surface area contributed by atoms with Gasteiger partial charge in [0.05, 0.1) is 5.60 Å². The van der Waals surface area contributed by atoms with Gasteiger partial charge in [0.1, 0.15) is 0 Å². The molecule has 1 saturated carbocycles. The Morgan fingerprint density at radius 3 is 2.76 bits per heavy atom. The summed E-state index contributed by atoms with van der Waals surface area (Å²) in [4.78, 5) is 0. The maximum Gasteiger partial charge on any atom is 0.0693 e. The fourth-order valence-corrected chi connectivity index (χ4v) is 4.26. The van der Waals surface area contributed by atoms with E-state index in [9.17, 15) is 0 Å². The molecule has 21 heavy (non-hydrogen) atoms. The summed E-state index contributed by atoms with van der Waals surface area (Å²) in [7, 11) is 4.00. The molecule has 0 aliphatic heterocycles. The SMILES string of the molecule is CNC(CC1CCCc2ccccc21)CC1(OC)CCC1. The number of methoxy groups -OCH3 is 1. The smallest absolute Gasteiger partial charge is 0.0693 e. The average Bonchev–Trinajstić information content (AvgIpc) is 2.50. The number of rotatable bonds is 6. The van der Waals surface area contributed by atoms with E-state index in [1.807, 2.05) is 7.11 Å². The minimum absolute atomic E-state index is 0.169. The number of hydrogen-bond acceptors (Lipinski definition) is 2. The Labute approximate surface area is 129 Å². The van der Waals surface area contributed by atoms with Crippen LogP contribution in [0, 0.1) is 0 Å². The van der Waals surface area contributed by atoms with Crippen LogP contribution < -0.4 is 5.32 Å². The zero-order valence-corrected chi connectivity index (χ0v) is 13.5. The molecule has 1 N–H and O–H groups in total. The van der Waals surface area contributed by atoms with Gasteiger partial charge < -0.3 is 10.1 Å². The van der Waals surface area contributed by atoms with Crippen LogP contribution >= 0.6 is 0 Å². The maximum atomic E-state index is 5.82. The Morgan fingerprint density at radius 1 is 1.29 bits per heavy atom. The molecule has 0 radical (unpaired) electrons. The first-order valence-electron chi connectivity index (χ1n) is 8.56. The standard InChI is InChI=1S/C19H29NO/c1-20-17(14-19(21-2)11-6-12-19)13-16-9-5-8-15-7-3-4-10-18(15)16/h3-4,7,10,16-17,20H,5-6,8-9,11-14H2,1-2H3. The highest BCUT2D eigenvalue weighted by molar-refractivity contribution is 5.32. The molecule has 0 bridgehead atoms. The minimum atomic E-state index is 0.169. The van der Waals surface area contributed by atoms with Crippen molar-refractivity contribution in [3.05, 3.63) is 35.4 Å². The molecule has 2 aliphatic rings. The zero-order valence-electron chi connectivity index (χ0n) is 13.5. The predicted molar refractivity (Wildman–Crippen MR) is 87.8 cm³/mol. The lowest BCUT2D eigenvalue weighted by Crippen LogP contribution is -2.45. The molecule has 0 saturated heterocycles. The number of ether oxygens (including phenoxy) is 1. The third kappa shape index (κ3) is 3.17. The van der Waals surface area contributed by atoms with E-state index in [-0.39, 0.29) is 5.60 Å². The average molecular weight is 287 g/mol. The highest BCUT2D eigenvalue weighted by Gasteiger charge is 2.39. The van der Waals surface area contributed by atoms with E-state index < -0.39 is 0 Å². The van der Waals surface area contributed by atoms with Crippen LogP contribution in [-0.4, -0.2) is 25.8 Å². The predicted octanol–water partition coefficient (Wildman–Crippen LogP) is 4.04. The fraction of sp³-hybridized carbons (Fsp3) is 0.684. The van der Waals surface area contributed by atoms with Crippen molar-refractivity contribution in [1.82, 2.24) is 5.32 Å². The van der Waals surface area contributed by atoms with Crippen molar-refractivity contribution in [3.8, 4) is 0 Å². The Kier molecular flexibility index (Phi) is 4.66. The molecule has 0 aromatic heterocycles. The van der Waals surface area contributed by atoms with Crippen LogP contribution in [0.2, 0.25) is 0 Å². The first-order valence-corrected chi connectivity index (χ1v) is 8.56. The lowest BCUT2D eigenvalue weighted by atomic mass is 9.73. The second kappa shape index (κ2) is 6.50. The van der Waals surface area contributed by atoms with Crippen LogP contribution in [0.4, 0.5) is 0 Å². The van der Waals surface area contributed by atoms with Gasteiger partial charge in [-0.15, -0.1) is 0 Å². The number of aryl methyl sites for hydroxylation is 1. The Balaban J connectivity index is 1.67. The number of fused-ring (bicyclic) bond motifs is 1. The van der Waals surface area contributed by atoms with Crippen molar-refractivity contribution in [2.75, 3.05) is 14.2 Å². The Hall–Kier alpha value is -0.860. The van der Waals surface area contributed by atoms with Crippen molar-refractivity contribution in [1.29, 1.82) is 0 Å². The highest BCUT2D eigenvalue weighted by Crippen LogP contribution is 2.41. The summed E-state index contributed by atoms with van der Waals surface area (Å²) in [6.07, 6.45) is 10.2. The molecular weight excluding hydrogens is 258 g/mol. The van der Waals surface area contributed by atoms with E-state index in [2.05, 4.69) is 36.6 Å². The summed E-state index contributed by atoms with van der Waals surface area (Å²) in [6, 6.07) is 9.63. The van der Waals surface area contributed by atoms with E-state index in [4.69, 9.17) is 4.74 Å². The first-order chi connectivity index (χ1) is 10.3. The van der Waals surface area contributed by atoms with Crippen LogP contribution in [0.5, 0.6) is 0 Å². The minimum Gasteiger partial charge on any atom is -0.378 e. The van der Waals surface area contributed by atoms with Gasteiger partial charge >= 0.3 is 0 Å². The quantitative estimate of drug-likeness (QED) is 0.852. The second-order valence-corrected chi connectivity index (χ2v) is 6.95. The lowest BCUT2D eigenvalue weighted by Gasteiger charge is -2.43. The molecule has 2 heteroatoms. The van der Waals surface area contributed by atoms with Gasteiger partial charge in [-0.1, -0.05) is 24.3 Å². The van der Waals surface area contributed by atoms with Crippen molar-refractivity contribution >= 4 is 0 Å². The van der Waals surface area contributed by atoms with Crippen molar-refractivity contribution in [2.45, 2.75) is 68.9 Å². The molecule has 1 aromatic rings. The summed E-state index contributed by atoms with van der Waals surface area (Å²) in [6.45, 7) is 0. The van der Waals surface area contributed by atoms with Crippen LogP contribution in [-0.2, 0) is 11.2 Å². The van der Waals surface area contributed by atoms with Gasteiger partial charge in [-0.2, -0.15) is 0 Å². The van der Waals surface area contributed by atoms with Crippen LogP contribution in [0.1, 0.15) is 62.0 Å². The largest absolute Gasteiger partial charge is 0.378 e. The Morgan fingerprint density at radius 2 is 2.10 bits per heavy atom. The molecule has 2 aliphatic carbocycles. The highest BCUT2D eigenvalue weighted by atomic mass is 16.5. The molecule has 2 atom stereocenters. The van der Waals surface area contributed by atoms with Crippen molar-refractivity contribution in [2.24, 2.45) is 0 Å². The van der Waals surface area contributed by atoms with Crippen LogP contribution in [0.15, 0.2) is 24.3 Å². The van der Waals surface area contributed by atoms with Gasteiger partial charge in [-0.05, 0) is 75.5 Å². The molecule has 2 unspecified atom stereocenters. The second-order valence-electron chi connectivity index (χ2n) is 6.95. The van der Waals surface area contributed by atoms with E-state index in [1.54, 1.807) is 11.1 Å². The monoisotopic (exact) mass is 287 g/mol. The molecule has 0 spiro atoms. The molecule has 116 valence electrons. The lowest BCUT2D eigenvalue weighted by molar-refractivity contribution is -0.0838. The molecule has 1 fully saturated rings. The fourth-order valence-electron chi connectivity index (χ4n) is 4.26. The van der Waals surface area contributed by atoms with Crippen molar-refractivity contribution < 1.29 is 4.74 Å². The van der Waals surface area contributed by atoms with Crippen LogP contribution in [0.25, 0.3) is 0 Å². The zero-order chi connectivity index (χ0) is 14.7. The third-order valence-corrected chi connectivity index (χ3v) is 5.79. The van der Waals surface area contributed by atoms with Gasteiger partial charge in [0.25, 0.3) is 0 Å². The summed E-state index contributed by atoms with van der Waals surface area (Å²) >= 11 is 0. The van der Waals surface area contributed by atoms with Gasteiger partial charge in [0.15, 0.2) is 0 Å². The molecule has 3 rings (SSSR count). The van der Waals surface area contributed by atoms with Crippen LogP contribution in [0.3, 0.4) is 0 Å². The van der Waals surface area contributed by atoms with Gasteiger partial charge in [0, 0.05) is 13.2 Å². The summed E-state index contributed by atoms with van der Waals surface area (Å²) in [5, 5.41) is 3.56. The Bertz CT molecular complexity index is 461. The maximum absolute atomic E-state index is 5.82. The summed E-state index contributed by atoms with van der Waals surface area (Å²) in [5.74, 6) is 0.724. The normalized spacial score (nSPS) is 25.0. The number of benzene rings is 1. The van der Waals surface area contributed by atoms with Gasteiger partial charge in [-0.3, -0.25) is 0 Å². The number of nitrogens with one attached hydrogen (secondary N) is 1. The number of hydrogen-bond donors (Lipinski definition) is 1. The third-order valence-electron chi connectivity index (χ3n) is 5.79. The molecule has 1 aromatic carbocycles. The van der Waals surface area contributed by atoms with Crippen molar-refractivity contribution in [3.63, 3.8) is 0 Å². The van der Waals surface area contributed by atoms with E-state index >= 15 is 0 Å². The molecule has 0 amide bonds. The molecule has 0 heterocycles. The summed E-state index contributed by atoms with van der Waals surface area (Å²) in [5.41, 5.74) is 3.35. The first kappa shape index (κ1) is 15.1. The molecule has 2 nitrogen and oxygen atoms in total. The molecular formula is C19H29NO. The van der Waals surface area contributed by atoms with Gasteiger partial charge in [0.2, 0.25) is 0 Å². The van der Waals surface area contributed by atoms with E-state index in [1.165, 1.54) is 51.4 Å². The topological polar surface area (TPSA) is 21.3 Å². The van der Waals surface area contributed by atoms with E-state index in [0.29, 0.717) is 6.04 Å².